The minimum absolute atomic E-state index is 0.0410. The highest BCUT2D eigenvalue weighted by Gasteiger charge is 2.14. The topological polar surface area (TPSA) is 62.3 Å². The lowest BCUT2D eigenvalue weighted by atomic mass is 10.2. The summed E-state index contributed by atoms with van der Waals surface area (Å²) in [6.45, 7) is 0.512. The number of amides is 2. The first-order valence-corrected chi connectivity index (χ1v) is 9.87. The van der Waals surface area contributed by atoms with Crippen molar-refractivity contribution in [1.82, 2.24) is 9.88 Å². The number of benzene rings is 1. The Bertz CT molecular complexity index is 908. The molecule has 0 aliphatic rings. The van der Waals surface area contributed by atoms with Gasteiger partial charge in [-0.1, -0.05) is 29.8 Å². The Balaban J connectivity index is 1.56. The van der Waals surface area contributed by atoms with Crippen molar-refractivity contribution >= 4 is 51.2 Å². The molecule has 1 aromatic carbocycles. The van der Waals surface area contributed by atoms with Crippen LogP contribution in [0, 0.1) is 0 Å². The minimum atomic E-state index is -0.218. The number of rotatable bonds is 6. The van der Waals surface area contributed by atoms with Crippen molar-refractivity contribution in [2.45, 2.75) is 13.0 Å². The average molecular weight is 406 g/mol. The number of halogens is 1. The number of likely N-dealkylation sites (N-methyl/N-ethyl adjacent to an activating group) is 1. The number of nitrogens with one attached hydrogen (secondary N) is 1. The van der Waals surface area contributed by atoms with Gasteiger partial charge in [-0.3, -0.25) is 14.9 Å². The lowest BCUT2D eigenvalue weighted by Crippen LogP contribution is -2.27. The van der Waals surface area contributed by atoms with Crippen LogP contribution in [0.3, 0.4) is 0 Å². The Morgan fingerprint density at radius 3 is 2.65 bits per heavy atom. The van der Waals surface area contributed by atoms with E-state index < -0.39 is 0 Å². The highest BCUT2D eigenvalue weighted by atomic mass is 35.5. The molecule has 2 amide bonds. The smallest absolute Gasteiger partial charge is 0.257 e. The predicted octanol–water partition coefficient (Wildman–Crippen LogP) is 4.31. The monoisotopic (exact) mass is 405 g/mol. The second-order valence-corrected chi connectivity index (χ2v) is 8.25. The Labute approximate surface area is 164 Å². The second kappa shape index (κ2) is 8.44. The SMILES string of the molecule is CN(Cc1ccc(Cl)s1)C(=O)Cc1csc(NC(=O)c2ccccc2)n1. The van der Waals surface area contributed by atoms with E-state index in [9.17, 15) is 9.59 Å². The Hall–Kier alpha value is -2.22. The average Bonchev–Trinajstić information content (AvgIpc) is 3.24. The van der Waals surface area contributed by atoms with Crippen LogP contribution in [0.5, 0.6) is 0 Å². The van der Waals surface area contributed by atoms with Gasteiger partial charge in [0.2, 0.25) is 5.91 Å². The zero-order valence-corrected chi connectivity index (χ0v) is 16.3. The third-order valence-electron chi connectivity index (χ3n) is 3.59. The number of thiophene rings is 1. The van der Waals surface area contributed by atoms with Crippen molar-refractivity contribution in [3.8, 4) is 0 Å². The van der Waals surface area contributed by atoms with Gasteiger partial charge in [0.1, 0.15) is 0 Å². The number of carbonyl (C=O) groups is 2. The fourth-order valence-corrected chi connectivity index (χ4v) is 4.10. The van der Waals surface area contributed by atoms with Gasteiger partial charge in [0.25, 0.3) is 5.91 Å². The summed E-state index contributed by atoms with van der Waals surface area (Å²) in [5.74, 6) is -0.259. The van der Waals surface area contributed by atoms with E-state index in [1.807, 2.05) is 18.2 Å². The molecule has 5 nitrogen and oxygen atoms in total. The molecule has 26 heavy (non-hydrogen) atoms. The van der Waals surface area contributed by atoms with Gasteiger partial charge in [-0.05, 0) is 24.3 Å². The molecule has 3 aromatic rings. The summed E-state index contributed by atoms with van der Waals surface area (Å²) in [5.41, 5.74) is 1.20. The third kappa shape index (κ3) is 4.91. The van der Waals surface area contributed by atoms with Crippen LogP contribution >= 0.6 is 34.3 Å². The fourth-order valence-electron chi connectivity index (χ4n) is 2.25. The van der Waals surface area contributed by atoms with Crippen LogP contribution in [0.4, 0.5) is 5.13 Å². The summed E-state index contributed by atoms with van der Waals surface area (Å²) in [4.78, 5) is 31.5. The first-order chi connectivity index (χ1) is 12.5. The van der Waals surface area contributed by atoms with Crippen LogP contribution in [0.2, 0.25) is 4.34 Å². The van der Waals surface area contributed by atoms with E-state index in [-0.39, 0.29) is 18.2 Å². The highest BCUT2D eigenvalue weighted by Crippen LogP contribution is 2.23. The maximum Gasteiger partial charge on any atom is 0.257 e. The molecule has 3 rings (SSSR count). The van der Waals surface area contributed by atoms with E-state index in [1.54, 1.807) is 41.6 Å². The van der Waals surface area contributed by atoms with Crippen LogP contribution < -0.4 is 5.32 Å². The molecule has 0 aliphatic carbocycles. The number of thiazole rings is 1. The normalized spacial score (nSPS) is 10.5. The summed E-state index contributed by atoms with van der Waals surface area (Å²) in [5, 5.41) is 5.02. The fraction of sp³-hybridized carbons (Fsp3) is 0.167. The van der Waals surface area contributed by atoms with Crippen LogP contribution in [0.25, 0.3) is 0 Å². The Kier molecular flexibility index (Phi) is 6.03. The predicted molar refractivity (Wildman–Crippen MR) is 106 cm³/mol. The van der Waals surface area contributed by atoms with E-state index in [0.717, 1.165) is 4.88 Å². The van der Waals surface area contributed by atoms with Gasteiger partial charge < -0.3 is 4.90 Å². The number of hydrogen-bond acceptors (Lipinski definition) is 5. The summed E-state index contributed by atoms with van der Waals surface area (Å²) in [7, 11) is 1.75. The molecule has 1 N–H and O–H groups in total. The molecule has 0 atom stereocenters. The van der Waals surface area contributed by atoms with Gasteiger partial charge in [-0.15, -0.1) is 22.7 Å². The van der Waals surface area contributed by atoms with Crippen molar-refractivity contribution in [2.24, 2.45) is 0 Å². The van der Waals surface area contributed by atoms with Crippen LogP contribution in [0.1, 0.15) is 20.9 Å². The van der Waals surface area contributed by atoms with Gasteiger partial charge in [-0.2, -0.15) is 0 Å². The standard InChI is InChI=1S/C18H16ClN3O2S2/c1-22(10-14-7-8-15(19)26-14)16(23)9-13-11-25-18(20-13)21-17(24)12-5-3-2-4-6-12/h2-8,11H,9-10H2,1H3,(H,20,21,24). The zero-order chi connectivity index (χ0) is 18.5. The maximum atomic E-state index is 12.4. The van der Waals surface area contributed by atoms with Crippen LogP contribution in [-0.2, 0) is 17.8 Å². The van der Waals surface area contributed by atoms with Gasteiger partial charge >= 0.3 is 0 Å². The van der Waals surface area contributed by atoms with Crippen molar-refractivity contribution in [1.29, 1.82) is 0 Å². The van der Waals surface area contributed by atoms with E-state index in [1.165, 1.54) is 22.7 Å². The van der Waals surface area contributed by atoms with Gasteiger partial charge in [-0.25, -0.2) is 4.98 Å². The van der Waals surface area contributed by atoms with Crippen molar-refractivity contribution < 1.29 is 9.59 Å². The molecule has 2 aromatic heterocycles. The van der Waals surface area contributed by atoms with Crippen molar-refractivity contribution in [3.05, 3.63) is 68.3 Å². The molecule has 0 fully saturated rings. The molecule has 0 saturated carbocycles. The molecule has 2 heterocycles. The number of nitrogens with zero attached hydrogens (tertiary/aromatic N) is 2. The Morgan fingerprint density at radius 2 is 1.96 bits per heavy atom. The molecular weight excluding hydrogens is 390 g/mol. The number of hydrogen-bond donors (Lipinski definition) is 1. The van der Waals surface area contributed by atoms with Crippen LogP contribution in [-0.4, -0.2) is 28.7 Å². The minimum Gasteiger partial charge on any atom is -0.340 e. The van der Waals surface area contributed by atoms with Gasteiger partial charge in [0, 0.05) is 22.9 Å². The first-order valence-electron chi connectivity index (χ1n) is 7.80. The summed E-state index contributed by atoms with van der Waals surface area (Å²) in [6, 6.07) is 12.7. The lowest BCUT2D eigenvalue weighted by Gasteiger charge is -2.15. The molecular formula is C18H16ClN3O2S2. The second-order valence-electron chi connectivity index (χ2n) is 5.60. The largest absolute Gasteiger partial charge is 0.340 e. The third-order valence-corrected chi connectivity index (χ3v) is 5.61. The van der Waals surface area contributed by atoms with Gasteiger partial charge in [0.15, 0.2) is 5.13 Å². The molecule has 0 saturated heterocycles. The maximum absolute atomic E-state index is 12.4. The number of carbonyl (C=O) groups excluding carboxylic acids is 2. The molecule has 0 bridgehead atoms. The molecule has 0 spiro atoms. The number of aromatic nitrogens is 1. The lowest BCUT2D eigenvalue weighted by molar-refractivity contribution is -0.129. The van der Waals surface area contributed by atoms with Crippen LogP contribution in [0.15, 0.2) is 47.8 Å². The van der Waals surface area contributed by atoms with Crippen molar-refractivity contribution in [2.75, 3.05) is 12.4 Å². The zero-order valence-electron chi connectivity index (χ0n) is 13.9. The summed E-state index contributed by atoms with van der Waals surface area (Å²) in [6.07, 6.45) is 0.188. The van der Waals surface area contributed by atoms with Gasteiger partial charge in [0.05, 0.1) is 23.0 Å². The first kappa shape index (κ1) is 18.6. The number of anilines is 1. The highest BCUT2D eigenvalue weighted by molar-refractivity contribution is 7.16. The van der Waals surface area contributed by atoms with E-state index >= 15 is 0 Å². The van der Waals surface area contributed by atoms with E-state index in [2.05, 4.69) is 10.3 Å². The summed E-state index contributed by atoms with van der Waals surface area (Å²) >= 11 is 8.68. The molecule has 0 unspecified atom stereocenters. The Morgan fingerprint density at radius 1 is 1.19 bits per heavy atom. The quantitative estimate of drug-likeness (QED) is 0.664. The molecule has 0 radical (unpaired) electrons. The molecule has 0 aliphatic heterocycles. The van der Waals surface area contributed by atoms with E-state index in [0.29, 0.717) is 27.3 Å². The molecule has 8 heteroatoms. The summed E-state index contributed by atoms with van der Waals surface area (Å²) < 4.78 is 0.708. The molecule has 134 valence electrons. The van der Waals surface area contributed by atoms with E-state index in [4.69, 9.17) is 11.6 Å². The van der Waals surface area contributed by atoms with Crippen molar-refractivity contribution in [3.63, 3.8) is 0 Å².